The first-order valence-corrected chi connectivity index (χ1v) is 5.46. The van der Waals surface area contributed by atoms with Gasteiger partial charge in [-0.1, -0.05) is 13.8 Å². The Kier molecular flexibility index (Phi) is 2.50. The molecular formula is C11H17N3O. The van der Waals surface area contributed by atoms with Crippen LogP contribution in [0.1, 0.15) is 33.2 Å². The van der Waals surface area contributed by atoms with Gasteiger partial charge in [0.2, 0.25) is 5.91 Å². The number of carbonyl (C=O) groups is 1. The first-order valence-electron chi connectivity index (χ1n) is 5.46. The van der Waals surface area contributed by atoms with Gasteiger partial charge >= 0.3 is 0 Å². The summed E-state index contributed by atoms with van der Waals surface area (Å²) in [5.74, 6) is 1.16. The van der Waals surface area contributed by atoms with E-state index >= 15 is 0 Å². The fourth-order valence-electron chi connectivity index (χ4n) is 1.95. The maximum atomic E-state index is 12.0. The summed E-state index contributed by atoms with van der Waals surface area (Å²) < 4.78 is 1.93. The number of anilines is 1. The minimum atomic E-state index is 0.0433. The van der Waals surface area contributed by atoms with E-state index < -0.39 is 0 Å². The molecule has 0 aromatic carbocycles. The van der Waals surface area contributed by atoms with Gasteiger partial charge in [0.25, 0.3) is 0 Å². The van der Waals surface area contributed by atoms with Gasteiger partial charge in [-0.3, -0.25) is 9.69 Å². The topological polar surface area (TPSA) is 38.1 Å². The van der Waals surface area contributed by atoms with Gasteiger partial charge in [-0.2, -0.15) is 5.10 Å². The first-order chi connectivity index (χ1) is 7.11. The van der Waals surface area contributed by atoms with Gasteiger partial charge in [-0.15, -0.1) is 0 Å². The molecule has 4 heteroatoms. The standard InChI is InChI=1S/C11H17N3O/c1-8(2)11(15)13-7-5-9(3)14-10(13)4-6-12-14/h4,6,8-9H,5,7H2,1-3H3. The summed E-state index contributed by atoms with van der Waals surface area (Å²) in [7, 11) is 0. The number of hydrogen-bond acceptors (Lipinski definition) is 2. The molecule has 0 saturated heterocycles. The fraction of sp³-hybridized carbons (Fsp3) is 0.636. The van der Waals surface area contributed by atoms with E-state index in [4.69, 9.17) is 0 Å². The summed E-state index contributed by atoms with van der Waals surface area (Å²) in [6.07, 6.45) is 2.74. The molecule has 0 spiro atoms. The van der Waals surface area contributed by atoms with E-state index in [1.54, 1.807) is 6.20 Å². The molecule has 2 heterocycles. The molecule has 0 aliphatic carbocycles. The third-order valence-corrected chi connectivity index (χ3v) is 2.87. The van der Waals surface area contributed by atoms with Crippen LogP contribution in [0.2, 0.25) is 0 Å². The summed E-state index contributed by atoms with van der Waals surface area (Å²) in [4.78, 5) is 13.8. The Labute approximate surface area is 89.9 Å². The third-order valence-electron chi connectivity index (χ3n) is 2.87. The van der Waals surface area contributed by atoms with Gasteiger partial charge in [-0.05, 0) is 13.3 Å². The monoisotopic (exact) mass is 207 g/mol. The van der Waals surface area contributed by atoms with Crippen LogP contribution >= 0.6 is 0 Å². The molecule has 0 bridgehead atoms. The second-order valence-corrected chi connectivity index (χ2v) is 4.42. The average Bonchev–Trinajstić information content (AvgIpc) is 2.66. The maximum absolute atomic E-state index is 12.0. The van der Waals surface area contributed by atoms with Crippen LogP contribution in [0.5, 0.6) is 0 Å². The Hall–Kier alpha value is -1.32. The second kappa shape index (κ2) is 3.68. The summed E-state index contributed by atoms with van der Waals surface area (Å²) in [5, 5.41) is 4.25. The first kappa shape index (κ1) is 10.2. The van der Waals surface area contributed by atoms with Crippen molar-refractivity contribution in [3.05, 3.63) is 12.3 Å². The van der Waals surface area contributed by atoms with Crippen LogP contribution in [0.4, 0.5) is 5.82 Å². The van der Waals surface area contributed by atoms with Crippen LogP contribution in [-0.2, 0) is 4.79 Å². The molecule has 4 nitrogen and oxygen atoms in total. The lowest BCUT2D eigenvalue weighted by atomic mass is 10.1. The van der Waals surface area contributed by atoms with Gasteiger partial charge < -0.3 is 0 Å². The van der Waals surface area contributed by atoms with E-state index in [-0.39, 0.29) is 11.8 Å². The van der Waals surface area contributed by atoms with Crippen molar-refractivity contribution in [2.75, 3.05) is 11.4 Å². The van der Waals surface area contributed by atoms with Crippen molar-refractivity contribution >= 4 is 11.7 Å². The van der Waals surface area contributed by atoms with Crippen molar-refractivity contribution in [3.8, 4) is 0 Å². The number of carbonyl (C=O) groups excluding carboxylic acids is 1. The zero-order chi connectivity index (χ0) is 11.0. The molecule has 82 valence electrons. The lowest BCUT2D eigenvalue weighted by Crippen LogP contribution is -2.40. The average molecular weight is 207 g/mol. The highest BCUT2D eigenvalue weighted by molar-refractivity contribution is 5.94. The minimum absolute atomic E-state index is 0.0433. The molecule has 0 saturated carbocycles. The van der Waals surface area contributed by atoms with Gasteiger partial charge in [0.05, 0.1) is 12.2 Å². The number of aromatic nitrogens is 2. The van der Waals surface area contributed by atoms with Crippen LogP contribution in [0.3, 0.4) is 0 Å². The molecule has 1 aromatic heterocycles. The largest absolute Gasteiger partial charge is 0.297 e. The Morgan fingerprint density at radius 2 is 2.33 bits per heavy atom. The minimum Gasteiger partial charge on any atom is -0.297 e. The fourth-order valence-corrected chi connectivity index (χ4v) is 1.95. The molecule has 1 amide bonds. The van der Waals surface area contributed by atoms with Gasteiger partial charge in [0, 0.05) is 18.5 Å². The number of nitrogens with zero attached hydrogens (tertiary/aromatic N) is 3. The number of amides is 1. The Bertz CT molecular complexity index is 370. The quantitative estimate of drug-likeness (QED) is 0.704. The highest BCUT2D eigenvalue weighted by atomic mass is 16.2. The van der Waals surface area contributed by atoms with Gasteiger partial charge in [-0.25, -0.2) is 4.68 Å². The predicted octanol–water partition coefficient (Wildman–Crippen LogP) is 1.84. The van der Waals surface area contributed by atoms with Crippen LogP contribution in [0, 0.1) is 5.92 Å². The molecule has 15 heavy (non-hydrogen) atoms. The zero-order valence-electron chi connectivity index (χ0n) is 9.47. The van der Waals surface area contributed by atoms with E-state index in [1.165, 1.54) is 0 Å². The summed E-state index contributed by atoms with van der Waals surface area (Å²) >= 11 is 0. The van der Waals surface area contributed by atoms with Crippen LogP contribution in [-0.4, -0.2) is 22.2 Å². The molecule has 0 N–H and O–H groups in total. The van der Waals surface area contributed by atoms with Crippen molar-refractivity contribution in [2.45, 2.75) is 33.2 Å². The smallest absolute Gasteiger partial charge is 0.230 e. The molecule has 0 fully saturated rings. The van der Waals surface area contributed by atoms with E-state index in [9.17, 15) is 4.79 Å². The normalized spacial score (nSPS) is 20.5. The number of hydrogen-bond donors (Lipinski definition) is 0. The van der Waals surface area contributed by atoms with E-state index in [0.29, 0.717) is 6.04 Å². The van der Waals surface area contributed by atoms with Crippen LogP contribution < -0.4 is 4.90 Å². The molecule has 1 atom stereocenters. The lowest BCUT2D eigenvalue weighted by molar-refractivity contribution is -0.121. The van der Waals surface area contributed by atoms with Crippen molar-refractivity contribution in [1.82, 2.24) is 9.78 Å². The molecule has 0 radical (unpaired) electrons. The molecule has 2 rings (SSSR count). The maximum Gasteiger partial charge on any atom is 0.230 e. The van der Waals surface area contributed by atoms with Crippen molar-refractivity contribution < 1.29 is 4.79 Å². The summed E-state index contributed by atoms with van der Waals surface area (Å²) in [6, 6.07) is 2.31. The number of rotatable bonds is 1. The number of fused-ring (bicyclic) bond motifs is 1. The lowest BCUT2D eigenvalue weighted by Gasteiger charge is -2.32. The molecule has 1 aromatic rings. The summed E-state index contributed by atoms with van der Waals surface area (Å²) in [5.41, 5.74) is 0. The van der Waals surface area contributed by atoms with Crippen molar-refractivity contribution in [3.63, 3.8) is 0 Å². The zero-order valence-corrected chi connectivity index (χ0v) is 9.47. The predicted molar refractivity (Wildman–Crippen MR) is 58.7 cm³/mol. The molecule has 1 aliphatic heterocycles. The van der Waals surface area contributed by atoms with Gasteiger partial charge in [0.15, 0.2) is 0 Å². The highest BCUT2D eigenvalue weighted by Gasteiger charge is 2.27. The van der Waals surface area contributed by atoms with Crippen LogP contribution in [0.15, 0.2) is 12.3 Å². The second-order valence-electron chi connectivity index (χ2n) is 4.42. The van der Waals surface area contributed by atoms with Crippen molar-refractivity contribution in [2.24, 2.45) is 5.92 Å². The SMILES string of the molecule is CC(C)C(=O)N1CCC(C)n2nccc21. The highest BCUT2D eigenvalue weighted by Crippen LogP contribution is 2.27. The molecule has 1 aliphatic rings. The molecule has 1 unspecified atom stereocenters. The Balaban J connectivity index is 2.32. The third kappa shape index (κ3) is 1.64. The van der Waals surface area contributed by atoms with E-state index in [1.807, 2.05) is 29.5 Å². The Morgan fingerprint density at radius 1 is 1.60 bits per heavy atom. The Morgan fingerprint density at radius 3 is 3.00 bits per heavy atom. The van der Waals surface area contributed by atoms with Gasteiger partial charge in [0.1, 0.15) is 5.82 Å². The van der Waals surface area contributed by atoms with Crippen molar-refractivity contribution in [1.29, 1.82) is 0 Å². The van der Waals surface area contributed by atoms with E-state index in [0.717, 1.165) is 18.8 Å². The molecular weight excluding hydrogens is 190 g/mol. The van der Waals surface area contributed by atoms with E-state index in [2.05, 4.69) is 12.0 Å². The van der Waals surface area contributed by atoms with Crippen LogP contribution in [0.25, 0.3) is 0 Å². The summed E-state index contributed by atoms with van der Waals surface area (Å²) in [6.45, 7) is 6.81.